The fraction of sp³-hybridized carbons (Fsp3) is 0.562. The molecule has 1 aliphatic heterocycles. The molecule has 0 aromatic carbocycles. The molecule has 0 bridgehead atoms. The van der Waals surface area contributed by atoms with Crippen LogP contribution >= 0.6 is 0 Å². The Balaban J connectivity index is 1.60. The third-order valence-corrected chi connectivity index (χ3v) is 4.49. The van der Waals surface area contributed by atoms with E-state index in [0.717, 1.165) is 30.9 Å². The first kappa shape index (κ1) is 16.5. The Morgan fingerprint density at radius 3 is 2.96 bits per heavy atom. The van der Waals surface area contributed by atoms with Gasteiger partial charge in [-0.05, 0) is 19.3 Å². The van der Waals surface area contributed by atoms with Gasteiger partial charge in [0.2, 0.25) is 5.91 Å². The fourth-order valence-corrected chi connectivity index (χ4v) is 3.14. The average molecular weight is 330 g/mol. The highest BCUT2D eigenvalue weighted by atomic mass is 16.3. The van der Waals surface area contributed by atoms with E-state index in [4.69, 9.17) is 0 Å². The molecule has 0 saturated carbocycles. The number of amides is 1. The second-order valence-electron chi connectivity index (χ2n) is 6.07. The Bertz CT molecular complexity index is 687. The molecule has 0 spiro atoms. The SMILES string of the molecule is Cn1c(CO)nnc1[C@@H]1CCCN(C(=O)CCc2cnccn2)C1. The molecule has 1 fully saturated rings. The van der Waals surface area contributed by atoms with Crippen LogP contribution in [0.2, 0.25) is 0 Å². The standard InChI is InChI=1S/C16H22N6O2/c1-21-14(11-23)19-20-16(21)12-3-2-8-22(10-12)15(24)5-4-13-9-17-6-7-18-13/h6-7,9,12,23H,2-5,8,10-11H2,1H3/t12-/m1/s1. The van der Waals surface area contributed by atoms with Gasteiger partial charge in [0.1, 0.15) is 12.4 Å². The lowest BCUT2D eigenvalue weighted by Gasteiger charge is -2.32. The Morgan fingerprint density at radius 2 is 2.25 bits per heavy atom. The van der Waals surface area contributed by atoms with Crippen LogP contribution in [0.25, 0.3) is 0 Å². The highest BCUT2D eigenvalue weighted by Gasteiger charge is 2.28. The van der Waals surface area contributed by atoms with E-state index in [-0.39, 0.29) is 18.4 Å². The summed E-state index contributed by atoms with van der Waals surface area (Å²) in [6.07, 6.45) is 7.93. The molecular weight excluding hydrogens is 308 g/mol. The minimum absolute atomic E-state index is 0.128. The van der Waals surface area contributed by atoms with E-state index in [2.05, 4.69) is 20.2 Å². The number of nitrogens with zero attached hydrogens (tertiary/aromatic N) is 6. The van der Waals surface area contributed by atoms with E-state index in [9.17, 15) is 9.90 Å². The van der Waals surface area contributed by atoms with Gasteiger partial charge in [0.05, 0.1) is 5.69 Å². The first-order chi connectivity index (χ1) is 11.7. The van der Waals surface area contributed by atoms with E-state index >= 15 is 0 Å². The zero-order valence-corrected chi connectivity index (χ0v) is 13.8. The lowest BCUT2D eigenvalue weighted by atomic mass is 9.96. The summed E-state index contributed by atoms with van der Waals surface area (Å²) in [5.74, 6) is 1.69. The molecule has 128 valence electrons. The second-order valence-corrected chi connectivity index (χ2v) is 6.07. The molecule has 24 heavy (non-hydrogen) atoms. The number of aliphatic hydroxyl groups excluding tert-OH is 1. The number of aliphatic hydroxyl groups is 1. The summed E-state index contributed by atoms with van der Waals surface area (Å²) in [6.45, 7) is 1.30. The first-order valence-corrected chi connectivity index (χ1v) is 8.20. The van der Waals surface area contributed by atoms with Crippen molar-refractivity contribution in [1.29, 1.82) is 0 Å². The van der Waals surface area contributed by atoms with Crippen LogP contribution in [0.5, 0.6) is 0 Å². The number of piperidine rings is 1. The Labute approximate surface area is 140 Å². The van der Waals surface area contributed by atoms with Gasteiger partial charge in [-0.15, -0.1) is 10.2 Å². The monoisotopic (exact) mass is 330 g/mol. The number of carbonyl (C=O) groups is 1. The number of hydrogen-bond donors (Lipinski definition) is 1. The van der Waals surface area contributed by atoms with Crippen LogP contribution in [0.1, 0.15) is 42.5 Å². The molecule has 0 radical (unpaired) electrons. The minimum atomic E-state index is -0.128. The maximum absolute atomic E-state index is 12.5. The molecule has 1 N–H and O–H groups in total. The lowest BCUT2D eigenvalue weighted by Crippen LogP contribution is -2.39. The van der Waals surface area contributed by atoms with Gasteiger partial charge >= 0.3 is 0 Å². The van der Waals surface area contributed by atoms with Crippen molar-refractivity contribution in [3.8, 4) is 0 Å². The highest BCUT2D eigenvalue weighted by Crippen LogP contribution is 2.26. The van der Waals surface area contributed by atoms with Gasteiger partial charge in [-0.25, -0.2) is 0 Å². The van der Waals surface area contributed by atoms with Crippen molar-refractivity contribution in [2.24, 2.45) is 7.05 Å². The molecule has 1 amide bonds. The summed E-state index contributed by atoms with van der Waals surface area (Å²) in [6, 6.07) is 0. The number of likely N-dealkylation sites (tertiary alicyclic amines) is 1. The van der Waals surface area contributed by atoms with Gasteiger partial charge in [-0.3, -0.25) is 14.8 Å². The highest BCUT2D eigenvalue weighted by molar-refractivity contribution is 5.76. The predicted octanol–water partition coefficient (Wildman–Crippen LogP) is 0.436. The number of aryl methyl sites for hydroxylation is 1. The fourth-order valence-electron chi connectivity index (χ4n) is 3.14. The predicted molar refractivity (Wildman–Crippen MR) is 85.8 cm³/mol. The maximum Gasteiger partial charge on any atom is 0.222 e. The van der Waals surface area contributed by atoms with Crippen LogP contribution in [-0.2, 0) is 24.9 Å². The molecule has 0 aliphatic carbocycles. The third-order valence-electron chi connectivity index (χ3n) is 4.49. The molecule has 8 nitrogen and oxygen atoms in total. The van der Waals surface area contributed by atoms with Crippen molar-refractivity contribution in [1.82, 2.24) is 29.6 Å². The number of hydrogen-bond acceptors (Lipinski definition) is 6. The van der Waals surface area contributed by atoms with Gasteiger partial charge in [0, 0.05) is 51.1 Å². The molecule has 3 heterocycles. The normalized spacial score (nSPS) is 17.9. The number of aromatic nitrogens is 5. The molecule has 1 atom stereocenters. The van der Waals surface area contributed by atoms with E-state index in [1.54, 1.807) is 18.6 Å². The third kappa shape index (κ3) is 3.59. The molecule has 3 rings (SSSR count). The number of rotatable bonds is 5. The van der Waals surface area contributed by atoms with E-state index in [0.29, 0.717) is 25.2 Å². The molecule has 1 saturated heterocycles. The van der Waals surface area contributed by atoms with Crippen molar-refractivity contribution in [2.45, 2.75) is 38.2 Å². The topological polar surface area (TPSA) is 97.0 Å². The summed E-state index contributed by atoms with van der Waals surface area (Å²) in [7, 11) is 1.86. The maximum atomic E-state index is 12.5. The van der Waals surface area contributed by atoms with E-state index in [1.807, 2.05) is 16.5 Å². The van der Waals surface area contributed by atoms with Crippen molar-refractivity contribution in [2.75, 3.05) is 13.1 Å². The molecular formula is C16H22N6O2. The summed E-state index contributed by atoms with van der Waals surface area (Å²) in [5.41, 5.74) is 0.834. The van der Waals surface area contributed by atoms with E-state index < -0.39 is 0 Å². The van der Waals surface area contributed by atoms with Crippen LogP contribution in [0.15, 0.2) is 18.6 Å². The molecule has 2 aromatic heterocycles. The smallest absolute Gasteiger partial charge is 0.222 e. The van der Waals surface area contributed by atoms with Crippen LogP contribution in [0.4, 0.5) is 0 Å². The molecule has 8 heteroatoms. The van der Waals surface area contributed by atoms with Gasteiger partial charge in [0.25, 0.3) is 0 Å². The van der Waals surface area contributed by atoms with Gasteiger partial charge < -0.3 is 14.6 Å². The van der Waals surface area contributed by atoms with Gasteiger partial charge in [0.15, 0.2) is 5.82 Å². The van der Waals surface area contributed by atoms with Crippen molar-refractivity contribution in [3.05, 3.63) is 35.9 Å². The van der Waals surface area contributed by atoms with Gasteiger partial charge in [-0.2, -0.15) is 0 Å². The zero-order chi connectivity index (χ0) is 16.9. The minimum Gasteiger partial charge on any atom is -0.388 e. The Morgan fingerprint density at radius 1 is 1.38 bits per heavy atom. The summed E-state index contributed by atoms with van der Waals surface area (Å²) >= 11 is 0. The summed E-state index contributed by atoms with van der Waals surface area (Å²) in [5, 5.41) is 17.4. The van der Waals surface area contributed by atoms with Crippen molar-refractivity contribution in [3.63, 3.8) is 0 Å². The lowest BCUT2D eigenvalue weighted by molar-refractivity contribution is -0.132. The Kier molecular flexibility index (Phi) is 5.14. The summed E-state index contributed by atoms with van der Waals surface area (Å²) in [4.78, 5) is 22.6. The Hall–Kier alpha value is -2.35. The molecule has 0 unspecified atom stereocenters. The van der Waals surface area contributed by atoms with Crippen molar-refractivity contribution < 1.29 is 9.90 Å². The molecule has 2 aromatic rings. The average Bonchev–Trinajstić information content (AvgIpc) is 3.01. The van der Waals surface area contributed by atoms with Crippen LogP contribution in [-0.4, -0.2) is 53.7 Å². The van der Waals surface area contributed by atoms with Crippen molar-refractivity contribution >= 4 is 5.91 Å². The van der Waals surface area contributed by atoms with Gasteiger partial charge in [-0.1, -0.05) is 0 Å². The van der Waals surface area contributed by atoms with Crippen LogP contribution < -0.4 is 0 Å². The largest absolute Gasteiger partial charge is 0.388 e. The van der Waals surface area contributed by atoms with Crippen LogP contribution in [0, 0.1) is 0 Å². The van der Waals surface area contributed by atoms with E-state index in [1.165, 1.54) is 0 Å². The first-order valence-electron chi connectivity index (χ1n) is 8.20. The van der Waals surface area contributed by atoms with Crippen LogP contribution in [0.3, 0.4) is 0 Å². The number of carbonyl (C=O) groups excluding carboxylic acids is 1. The summed E-state index contributed by atoms with van der Waals surface area (Å²) < 4.78 is 1.83. The quantitative estimate of drug-likeness (QED) is 0.854. The second kappa shape index (κ2) is 7.48. The zero-order valence-electron chi connectivity index (χ0n) is 13.8. The molecule has 1 aliphatic rings.